The van der Waals surface area contributed by atoms with Gasteiger partial charge in [0.25, 0.3) is 5.91 Å². The van der Waals surface area contributed by atoms with E-state index in [9.17, 15) is 14.4 Å². The summed E-state index contributed by atoms with van der Waals surface area (Å²) in [5, 5.41) is 5.04. The van der Waals surface area contributed by atoms with Gasteiger partial charge in [0.15, 0.2) is 18.1 Å². The molecule has 0 aromatic heterocycles. The highest BCUT2D eigenvalue weighted by Gasteiger charge is 2.15. The normalized spacial score (nSPS) is 14.1. The van der Waals surface area contributed by atoms with Gasteiger partial charge in [0.1, 0.15) is 6.04 Å². The van der Waals surface area contributed by atoms with Crippen molar-refractivity contribution in [2.24, 2.45) is 0 Å². The summed E-state index contributed by atoms with van der Waals surface area (Å²) in [5.74, 6) is -0.215. The summed E-state index contributed by atoms with van der Waals surface area (Å²) in [5.41, 5.74) is 0.741. The first-order chi connectivity index (χ1) is 13.0. The van der Waals surface area contributed by atoms with E-state index in [0.717, 1.165) is 12.0 Å². The van der Waals surface area contributed by atoms with Gasteiger partial charge in [-0.25, -0.2) is 4.79 Å². The molecule has 1 aliphatic heterocycles. The van der Waals surface area contributed by atoms with Crippen LogP contribution in [0.4, 0.5) is 0 Å². The van der Waals surface area contributed by atoms with Crippen molar-refractivity contribution in [2.75, 3.05) is 26.4 Å². The van der Waals surface area contributed by atoms with E-state index in [1.165, 1.54) is 6.08 Å². The highest BCUT2D eigenvalue weighted by atomic mass is 16.5. The van der Waals surface area contributed by atoms with Crippen LogP contribution in [0.25, 0.3) is 6.08 Å². The Balaban J connectivity index is 1.80. The van der Waals surface area contributed by atoms with Gasteiger partial charge in [-0.3, -0.25) is 9.59 Å². The molecule has 1 aromatic carbocycles. The fourth-order valence-corrected chi connectivity index (χ4v) is 2.31. The Bertz CT molecular complexity index is 716. The Morgan fingerprint density at radius 3 is 2.70 bits per heavy atom. The molecule has 2 rings (SSSR count). The van der Waals surface area contributed by atoms with E-state index in [4.69, 9.17) is 14.2 Å². The van der Waals surface area contributed by atoms with Crippen molar-refractivity contribution in [2.45, 2.75) is 26.3 Å². The van der Waals surface area contributed by atoms with Crippen molar-refractivity contribution in [3.63, 3.8) is 0 Å². The smallest absolute Gasteiger partial charge is 0.331 e. The first-order valence-electron chi connectivity index (χ1n) is 8.81. The fraction of sp³-hybridized carbons (Fsp3) is 0.421. The zero-order chi connectivity index (χ0) is 19.6. The van der Waals surface area contributed by atoms with Gasteiger partial charge in [-0.2, -0.15) is 0 Å². The van der Waals surface area contributed by atoms with Crippen LogP contribution in [0.5, 0.6) is 11.5 Å². The van der Waals surface area contributed by atoms with E-state index >= 15 is 0 Å². The lowest BCUT2D eigenvalue weighted by atomic mass is 10.2. The molecule has 1 atom stereocenters. The molecule has 146 valence electrons. The number of ether oxygens (including phenoxy) is 3. The van der Waals surface area contributed by atoms with E-state index in [-0.39, 0.29) is 5.91 Å². The molecule has 0 saturated carbocycles. The highest BCUT2D eigenvalue weighted by Crippen LogP contribution is 2.30. The number of amides is 2. The van der Waals surface area contributed by atoms with Crippen LogP contribution in [0.15, 0.2) is 24.3 Å². The Hall–Kier alpha value is -3.03. The lowest BCUT2D eigenvalue weighted by molar-refractivity contribution is -0.144. The number of hydrogen-bond acceptors (Lipinski definition) is 6. The monoisotopic (exact) mass is 376 g/mol. The minimum absolute atomic E-state index is 0.300. The van der Waals surface area contributed by atoms with Crippen LogP contribution in [0.1, 0.15) is 25.8 Å². The predicted molar refractivity (Wildman–Crippen MR) is 98.3 cm³/mol. The summed E-state index contributed by atoms with van der Waals surface area (Å²) in [6.45, 7) is 4.52. The molecule has 0 fully saturated rings. The molecule has 2 N–H and O–H groups in total. The summed E-state index contributed by atoms with van der Waals surface area (Å²) in [6.07, 6.45) is 3.60. The van der Waals surface area contributed by atoms with Crippen LogP contribution in [0.2, 0.25) is 0 Å². The molecule has 1 heterocycles. The third kappa shape index (κ3) is 6.65. The van der Waals surface area contributed by atoms with E-state index in [0.29, 0.717) is 31.3 Å². The molecule has 0 radical (unpaired) electrons. The van der Waals surface area contributed by atoms with Crippen LogP contribution < -0.4 is 20.1 Å². The summed E-state index contributed by atoms with van der Waals surface area (Å²) in [4.78, 5) is 35.0. The lowest BCUT2D eigenvalue weighted by Gasteiger charge is -2.12. The van der Waals surface area contributed by atoms with Crippen molar-refractivity contribution in [3.05, 3.63) is 29.8 Å². The molecule has 1 aromatic rings. The topological polar surface area (TPSA) is 103 Å². The van der Waals surface area contributed by atoms with Gasteiger partial charge in [-0.1, -0.05) is 6.07 Å². The molecule has 27 heavy (non-hydrogen) atoms. The zero-order valence-electron chi connectivity index (χ0n) is 15.4. The minimum atomic E-state index is -0.700. The highest BCUT2D eigenvalue weighted by molar-refractivity contribution is 5.91. The largest absolute Gasteiger partial charge is 0.490 e. The fourth-order valence-electron chi connectivity index (χ4n) is 2.31. The maximum Gasteiger partial charge on any atom is 0.331 e. The third-order valence-corrected chi connectivity index (χ3v) is 3.65. The first kappa shape index (κ1) is 20.3. The molecule has 0 saturated heterocycles. The number of carbonyl (C=O) groups is 3. The first-order valence-corrected chi connectivity index (χ1v) is 8.81. The molecule has 8 heteroatoms. The lowest BCUT2D eigenvalue weighted by Crippen LogP contribution is -2.46. The van der Waals surface area contributed by atoms with Gasteiger partial charge in [0, 0.05) is 19.0 Å². The summed E-state index contributed by atoms with van der Waals surface area (Å²) in [7, 11) is 0. The van der Waals surface area contributed by atoms with Crippen molar-refractivity contribution in [1.82, 2.24) is 10.6 Å². The van der Waals surface area contributed by atoms with Crippen LogP contribution in [0.3, 0.4) is 0 Å². The van der Waals surface area contributed by atoms with Crippen LogP contribution >= 0.6 is 0 Å². The molecule has 8 nitrogen and oxygen atoms in total. The second-order valence-electron chi connectivity index (χ2n) is 5.88. The van der Waals surface area contributed by atoms with Crippen molar-refractivity contribution < 1.29 is 28.6 Å². The number of esters is 1. The summed E-state index contributed by atoms with van der Waals surface area (Å²) in [6, 6.07) is 4.64. The Morgan fingerprint density at radius 1 is 1.22 bits per heavy atom. The number of likely N-dealkylation sites (N-methyl/N-ethyl adjacent to an activating group) is 1. The van der Waals surface area contributed by atoms with Gasteiger partial charge in [0.05, 0.1) is 13.2 Å². The van der Waals surface area contributed by atoms with Gasteiger partial charge in [0.2, 0.25) is 5.91 Å². The number of hydrogen-bond donors (Lipinski definition) is 2. The minimum Gasteiger partial charge on any atom is -0.490 e. The van der Waals surface area contributed by atoms with Crippen LogP contribution in [-0.4, -0.2) is 50.2 Å². The van der Waals surface area contributed by atoms with Crippen molar-refractivity contribution in [3.8, 4) is 11.5 Å². The SMILES string of the molecule is CCNC(=O)[C@H](C)NC(=O)COC(=O)/C=C/c1ccc2c(c1)OCCCO2. The van der Waals surface area contributed by atoms with Gasteiger partial charge >= 0.3 is 5.97 Å². The number of benzene rings is 1. The average Bonchev–Trinajstić information content (AvgIpc) is 2.89. The second kappa shape index (κ2) is 10.2. The summed E-state index contributed by atoms with van der Waals surface area (Å²) < 4.78 is 16.0. The van der Waals surface area contributed by atoms with E-state index in [1.807, 2.05) is 0 Å². The molecule has 0 unspecified atom stereocenters. The number of nitrogens with one attached hydrogen (secondary N) is 2. The molecule has 0 bridgehead atoms. The number of rotatable bonds is 7. The Morgan fingerprint density at radius 2 is 1.96 bits per heavy atom. The molecular formula is C19H24N2O6. The Labute approximate surface area is 157 Å². The van der Waals surface area contributed by atoms with Crippen molar-refractivity contribution >= 4 is 23.9 Å². The van der Waals surface area contributed by atoms with Gasteiger partial charge in [-0.15, -0.1) is 0 Å². The predicted octanol–water partition coefficient (Wildman–Crippen LogP) is 1.05. The van der Waals surface area contributed by atoms with E-state index in [2.05, 4.69) is 10.6 Å². The van der Waals surface area contributed by atoms with Gasteiger partial charge < -0.3 is 24.8 Å². The maximum atomic E-state index is 11.8. The molecule has 0 aliphatic carbocycles. The molecular weight excluding hydrogens is 352 g/mol. The van der Waals surface area contributed by atoms with E-state index in [1.54, 1.807) is 38.1 Å². The number of fused-ring (bicyclic) bond motifs is 1. The van der Waals surface area contributed by atoms with Gasteiger partial charge in [-0.05, 0) is 37.6 Å². The zero-order valence-corrected chi connectivity index (χ0v) is 15.4. The van der Waals surface area contributed by atoms with Crippen LogP contribution in [0, 0.1) is 0 Å². The van der Waals surface area contributed by atoms with Crippen LogP contribution in [-0.2, 0) is 19.1 Å². The standard InChI is InChI=1S/C19H24N2O6/c1-3-20-19(24)13(2)21-17(22)12-27-18(23)8-6-14-5-7-15-16(11-14)26-10-4-9-25-15/h5-8,11,13H,3-4,9-10,12H2,1-2H3,(H,20,24)(H,21,22)/b8-6+/t13-/m0/s1. The van der Waals surface area contributed by atoms with Crippen molar-refractivity contribution in [1.29, 1.82) is 0 Å². The quantitative estimate of drug-likeness (QED) is 0.545. The third-order valence-electron chi connectivity index (χ3n) is 3.65. The molecule has 2 amide bonds. The molecule has 0 spiro atoms. The Kier molecular flexibility index (Phi) is 7.66. The molecule has 1 aliphatic rings. The average molecular weight is 376 g/mol. The maximum absolute atomic E-state index is 11.8. The summed E-state index contributed by atoms with van der Waals surface area (Å²) >= 11 is 0. The van der Waals surface area contributed by atoms with E-state index < -0.39 is 24.5 Å². The number of carbonyl (C=O) groups excluding carboxylic acids is 3. The second-order valence-corrected chi connectivity index (χ2v) is 5.88.